The van der Waals surface area contributed by atoms with Crippen LogP contribution in [0.5, 0.6) is 11.5 Å². The van der Waals surface area contributed by atoms with E-state index < -0.39 is 30.2 Å². The van der Waals surface area contributed by atoms with Gasteiger partial charge in [-0.15, -0.1) is 0 Å². The predicted octanol–water partition coefficient (Wildman–Crippen LogP) is 4.75. The van der Waals surface area contributed by atoms with Gasteiger partial charge in [-0.25, -0.2) is 14.4 Å². The van der Waals surface area contributed by atoms with Crippen molar-refractivity contribution in [2.24, 2.45) is 0 Å². The highest BCUT2D eigenvalue weighted by Gasteiger charge is 2.43. The van der Waals surface area contributed by atoms with E-state index in [4.69, 9.17) is 23.7 Å². The van der Waals surface area contributed by atoms with E-state index in [9.17, 15) is 14.4 Å². The van der Waals surface area contributed by atoms with Gasteiger partial charge in [0.25, 0.3) is 0 Å². The van der Waals surface area contributed by atoms with Crippen LogP contribution >= 0.6 is 0 Å². The smallest absolute Gasteiger partial charge is 0.415 e. The summed E-state index contributed by atoms with van der Waals surface area (Å²) in [7, 11) is 2.95. The number of hydrogen-bond acceptors (Lipinski definition) is 8. The lowest BCUT2D eigenvalue weighted by Crippen LogP contribution is -2.52. The highest BCUT2D eigenvalue weighted by Crippen LogP contribution is 2.44. The van der Waals surface area contributed by atoms with Gasteiger partial charge < -0.3 is 29.0 Å². The van der Waals surface area contributed by atoms with Gasteiger partial charge in [0.05, 0.1) is 32.6 Å². The van der Waals surface area contributed by atoms with Crippen molar-refractivity contribution >= 4 is 23.8 Å². The molecule has 10 nitrogen and oxygen atoms in total. The number of ether oxygens (including phenoxy) is 5. The molecular weight excluding hydrogens is 480 g/mol. The Bertz CT molecular complexity index is 1090. The number of esters is 1. The molecule has 0 saturated carbocycles. The summed E-state index contributed by atoms with van der Waals surface area (Å²) in [6.45, 7) is 5.54. The Morgan fingerprint density at radius 1 is 1.03 bits per heavy atom. The zero-order chi connectivity index (χ0) is 26.9. The molecule has 0 aliphatic carbocycles. The monoisotopic (exact) mass is 514 g/mol. The van der Waals surface area contributed by atoms with Gasteiger partial charge in [-0.1, -0.05) is 37.3 Å². The number of carbonyl (C=O) groups is 3. The summed E-state index contributed by atoms with van der Waals surface area (Å²) in [5, 5.41) is 2.83. The standard InChI is InChI=1S/C27H34N2O8/c1-6-17(3)37-27(32)29-21-15-24(34-5)23(33-4)13-19(21)20(14-22(29)25(30)35-7-2)28-26(31)36-16-18-11-9-8-10-12-18/h8-13,15,17,20,22H,6-7,14,16H2,1-5H3,(H,28,31)/t17?,20-,22-/m1/s1. The van der Waals surface area contributed by atoms with E-state index in [2.05, 4.69) is 5.32 Å². The van der Waals surface area contributed by atoms with Gasteiger partial charge in [0.1, 0.15) is 18.8 Å². The quantitative estimate of drug-likeness (QED) is 0.377. The third kappa shape index (κ3) is 6.63. The molecule has 0 radical (unpaired) electrons. The average molecular weight is 515 g/mol. The van der Waals surface area contributed by atoms with E-state index in [1.54, 1.807) is 26.0 Å². The number of nitrogens with one attached hydrogen (secondary N) is 1. The Kier molecular flexibility index (Phi) is 9.59. The molecule has 0 fully saturated rings. The molecule has 0 spiro atoms. The van der Waals surface area contributed by atoms with E-state index in [0.29, 0.717) is 29.2 Å². The summed E-state index contributed by atoms with van der Waals surface area (Å²) >= 11 is 0. The van der Waals surface area contributed by atoms with Crippen LogP contribution in [0.15, 0.2) is 42.5 Å². The summed E-state index contributed by atoms with van der Waals surface area (Å²) in [5.74, 6) is 0.126. The highest BCUT2D eigenvalue weighted by atomic mass is 16.6. The number of carbonyl (C=O) groups excluding carboxylic acids is 3. The first-order chi connectivity index (χ1) is 17.8. The molecule has 0 aromatic heterocycles. The third-order valence-electron chi connectivity index (χ3n) is 6.08. The lowest BCUT2D eigenvalue weighted by Gasteiger charge is -2.39. The van der Waals surface area contributed by atoms with Crippen LogP contribution in [-0.2, 0) is 25.6 Å². The van der Waals surface area contributed by atoms with Crippen LogP contribution in [0.1, 0.15) is 50.8 Å². The molecule has 37 heavy (non-hydrogen) atoms. The number of hydrogen-bond donors (Lipinski definition) is 1. The first kappa shape index (κ1) is 27.6. The maximum absolute atomic E-state index is 13.3. The number of benzene rings is 2. The molecule has 1 unspecified atom stereocenters. The molecule has 0 bridgehead atoms. The molecule has 2 amide bonds. The van der Waals surface area contributed by atoms with Crippen molar-refractivity contribution in [1.29, 1.82) is 0 Å². The second kappa shape index (κ2) is 12.8. The van der Waals surface area contributed by atoms with Gasteiger partial charge in [0, 0.05) is 18.1 Å². The SMILES string of the molecule is CCOC(=O)[C@H]1C[C@@H](NC(=O)OCc2ccccc2)c2cc(OC)c(OC)cc2N1C(=O)OC(C)CC. The van der Waals surface area contributed by atoms with E-state index in [0.717, 1.165) is 5.56 Å². The zero-order valence-electron chi connectivity index (χ0n) is 21.8. The van der Waals surface area contributed by atoms with Gasteiger partial charge in [0.2, 0.25) is 0 Å². The van der Waals surface area contributed by atoms with E-state index in [1.165, 1.54) is 19.1 Å². The summed E-state index contributed by atoms with van der Waals surface area (Å²) in [5.41, 5.74) is 1.70. The molecule has 200 valence electrons. The van der Waals surface area contributed by atoms with Gasteiger partial charge in [0.15, 0.2) is 11.5 Å². The van der Waals surface area contributed by atoms with E-state index in [1.807, 2.05) is 37.3 Å². The second-order valence-electron chi connectivity index (χ2n) is 8.50. The number of rotatable bonds is 9. The molecule has 0 saturated heterocycles. The number of anilines is 1. The van der Waals surface area contributed by atoms with Crippen molar-refractivity contribution in [3.8, 4) is 11.5 Å². The van der Waals surface area contributed by atoms with Crippen LogP contribution in [0.3, 0.4) is 0 Å². The summed E-state index contributed by atoms with van der Waals surface area (Å²) in [6, 6.07) is 10.8. The fourth-order valence-electron chi connectivity index (χ4n) is 4.02. The predicted molar refractivity (Wildman–Crippen MR) is 136 cm³/mol. The van der Waals surface area contributed by atoms with E-state index in [-0.39, 0.29) is 25.7 Å². The maximum atomic E-state index is 13.3. The van der Waals surface area contributed by atoms with Crippen LogP contribution in [0.2, 0.25) is 0 Å². The number of fused-ring (bicyclic) bond motifs is 1. The molecule has 2 aromatic carbocycles. The van der Waals surface area contributed by atoms with Crippen LogP contribution in [0, 0.1) is 0 Å². The fourth-order valence-corrected chi connectivity index (χ4v) is 4.02. The number of alkyl carbamates (subject to hydrolysis) is 1. The van der Waals surface area contributed by atoms with Crippen LogP contribution in [0.25, 0.3) is 0 Å². The lowest BCUT2D eigenvalue weighted by molar-refractivity contribution is -0.145. The van der Waals surface area contributed by atoms with Crippen molar-refractivity contribution in [3.05, 3.63) is 53.6 Å². The molecule has 1 aliphatic heterocycles. The van der Waals surface area contributed by atoms with Crippen molar-refractivity contribution in [3.63, 3.8) is 0 Å². The number of methoxy groups -OCH3 is 2. The number of amides is 2. The van der Waals surface area contributed by atoms with Crippen LogP contribution in [-0.4, -0.2) is 51.1 Å². The number of nitrogens with zero attached hydrogens (tertiary/aromatic N) is 1. The highest BCUT2D eigenvalue weighted by molar-refractivity contribution is 5.98. The van der Waals surface area contributed by atoms with Crippen LogP contribution < -0.4 is 19.7 Å². The molecule has 1 N–H and O–H groups in total. The molecule has 1 heterocycles. The molecule has 1 aliphatic rings. The Morgan fingerprint density at radius 2 is 1.70 bits per heavy atom. The molecule has 10 heteroatoms. The largest absolute Gasteiger partial charge is 0.493 e. The molecule has 2 aromatic rings. The van der Waals surface area contributed by atoms with Crippen molar-refractivity contribution in [2.45, 2.75) is 58.4 Å². The minimum atomic E-state index is -1.05. The summed E-state index contributed by atoms with van der Waals surface area (Å²) < 4.78 is 27.2. The third-order valence-corrected chi connectivity index (χ3v) is 6.08. The minimum absolute atomic E-state index is 0.0390. The average Bonchev–Trinajstić information content (AvgIpc) is 2.91. The Morgan fingerprint density at radius 3 is 2.32 bits per heavy atom. The summed E-state index contributed by atoms with van der Waals surface area (Å²) in [4.78, 5) is 40.4. The Labute approximate surface area is 216 Å². The van der Waals surface area contributed by atoms with Gasteiger partial charge in [-0.3, -0.25) is 4.90 Å². The van der Waals surface area contributed by atoms with Gasteiger partial charge >= 0.3 is 18.2 Å². The first-order valence-electron chi connectivity index (χ1n) is 12.2. The first-order valence-corrected chi connectivity index (χ1v) is 12.2. The second-order valence-corrected chi connectivity index (χ2v) is 8.50. The van der Waals surface area contributed by atoms with Crippen molar-refractivity contribution in [1.82, 2.24) is 5.32 Å². The fraction of sp³-hybridized carbons (Fsp3) is 0.444. The topological polar surface area (TPSA) is 113 Å². The Hall–Kier alpha value is -3.95. The normalized spacial score (nSPS) is 17.2. The lowest BCUT2D eigenvalue weighted by atomic mass is 9.90. The zero-order valence-corrected chi connectivity index (χ0v) is 21.8. The van der Waals surface area contributed by atoms with Gasteiger partial charge in [-0.2, -0.15) is 0 Å². The molecule has 3 rings (SSSR count). The maximum Gasteiger partial charge on any atom is 0.415 e. The minimum Gasteiger partial charge on any atom is -0.493 e. The van der Waals surface area contributed by atoms with Crippen molar-refractivity contribution < 1.29 is 38.1 Å². The molecular formula is C27H34N2O8. The van der Waals surface area contributed by atoms with Crippen LogP contribution in [0.4, 0.5) is 15.3 Å². The van der Waals surface area contributed by atoms with Crippen molar-refractivity contribution in [2.75, 3.05) is 25.7 Å². The van der Waals surface area contributed by atoms with Gasteiger partial charge in [-0.05, 0) is 31.9 Å². The van der Waals surface area contributed by atoms with E-state index >= 15 is 0 Å². The molecule has 3 atom stereocenters. The Balaban J connectivity index is 1.99. The summed E-state index contributed by atoms with van der Waals surface area (Å²) in [6.07, 6.45) is -1.11.